The summed E-state index contributed by atoms with van der Waals surface area (Å²) in [6.45, 7) is 2.63. The molecule has 0 spiro atoms. The zero-order valence-corrected chi connectivity index (χ0v) is 18.2. The molecule has 5 nitrogen and oxygen atoms in total. The van der Waals surface area contributed by atoms with Crippen molar-refractivity contribution in [2.24, 2.45) is 11.8 Å². The first-order valence-corrected chi connectivity index (χ1v) is 9.93. The first-order valence-electron chi connectivity index (χ1n) is 9.55. The number of amides is 1. The van der Waals surface area contributed by atoms with Crippen LogP contribution in [0, 0.1) is 11.8 Å². The average Bonchev–Trinajstić information content (AvgIpc) is 3.24. The molecular formula is C22H26Cl2N2O3. The fraction of sp³-hybridized carbons (Fsp3) is 0.409. The number of methoxy groups -OCH3 is 1. The van der Waals surface area contributed by atoms with Crippen LogP contribution in [0.15, 0.2) is 48.5 Å². The van der Waals surface area contributed by atoms with Crippen molar-refractivity contribution >= 4 is 29.9 Å². The minimum Gasteiger partial charge on any atom is -0.497 e. The lowest BCUT2D eigenvalue weighted by atomic mass is 9.89. The summed E-state index contributed by atoms with van der Waals surface area (Å²) >= 11 is 5.88. The second kappa shape index (κ2) is 9.24. The molecule has 4 rings (SSSR count). The standard InChI is InChI=1S/C22H25ClN2O3.ClH/c1-24-11-16-12-25(21(26)14-28-19-9-5-17(23)6-10-19)13-20(16)22(24)15-3-7-18(27-2)8-4-15;/h3-10,16,20,22H,11-14H2,1-2H3;1H/t16-,20+,22-;/m0./s1. The molecule has 2 fully saturated rings. The Balaban J connectivity index is 0.00000240. The molecule has 7 heteroatoms. The van der Waals surface area contributed by atoms with Crippen LogP contribution in [0.25, 0.3) is 0 Å². The van der Waals surface area contributed by atoms with Crippen LogP contribution in [-0.4, -0.2) is 56.1 Å². The van der Waals surface area contributed by atoms with E-state index in [1.54, 1.807) is 31.4 Å². The molecule has 2 aliphatic heterocycles. The van der Waals surface area contributed by atoms with Crippen molar-refractivity contribution in [3.8, 4) is 11.5 Å². The minimum atomic E-state index is 0. The Morgan fingerprint density at radius 1 is 1.03 bits per heavy atom. The van der Waals surface area contributed by atoms with Crippen molar-refractivity contribution in [2.45, 2.75) is 6.04 Å². The van der Waals surface area contributed by atoms with E-state index in [4.69, 9.17) is 21.1 Å². The molecule has 29 heavy (non-hydrogen) atoms. The lowest BCUT2D eigenvalue weighted by Gasteiger charge is -2.27. The molecule has 156 valence electrons. The Bertz CT molecular complexity index is 829. The molecule has 2 saturated heterocycles. The summed E-state index contributed by atoms with van der Waals surface area (Å²) in [5, 5.41) is 0.653. The van der Waals surface area contributed by atoms with Crippen molar-refractivity contribution in [1.29, 1.82) is 0 Å². The van der Waals surface area contributed by atoms with Gasteiger partial charge in [-0.15, -0.1) is 12.4 Å². The zero-order valence-electron chi connectivity index (χ0n) is 16.6. The number of carbonyl (C=O) groups excluding carboxylic acids is 1. The Kier molecular flexibility index (Phi) is 6.93. The van der Waals surface area contributed by atoms with Gasteiger partial charge >= 0.3 is 0 Å². The number of rotatable bonds is 5. The van der Waals surface area contributed by atoms with Gasteiger partial charge in [0.25, 0.3) is 5.91 Å². The molecule has 0 aliphatic carbocycles. The summed E-state index contributed by atoms with van der Waals surface area (Å²) in [5.74, 6) is 2.51. The fourth-order valence-electron chi connectivity index (χ4n) is 4.53. The lowest BCUT2D eigenvalue weighted by molar-refractivity contribution is -0.132. The molecule has 2 heterocycles. The summed E-state index contributed by atoms with van der Waals surface area (Å²) < 4.78 is 10.9. The maximum absolute atomic E-state index is 12.7. The van der Waals surface area contributed by atoms with E-state index in [-0.39, 0.29) is 24.9 Å². The molecule has 2 aromatic carbocycles. The molecule has 1 amide bonds. The van der Waals surface area contributed by atoms with Gasteiger partial charge in [0.2, 0.25) is 0 Å². The van der Waals surface area contributed by atoms with Gasteiger partial charge in [-0.1, -0.05) is 23.7 Å². The molecule has 2 aliphatic rings. The second-order valence-electron chi connectivity index (χ2n) is 7.62. The number of carbonyl (C=O) groups is 1. The van der Waals surface area contributed by atoms with Crippen LogP contribution < -0.4 is 9.47 Å². The van der Waals surface area contributed by atoms with Gasteiger partial charge in [0.15, 0.2) is 6.61 Å². The number of benzene rings is 2. The van der Waals surface area contributed by atoms with Crippen LogP contribution in [-0.2, 0) is 4.79 Å². The van der Waals surface area contributed by atoms with Gasteiger partial charge in [0, 0.05) is 36.6 Å². The SMILES string of the molecule is COc1ccc([C@H]2[C@@H]3CN(C(=O)COc4ccc(Cl)cc4)C[C@@H]3CN2C)cc1.Cl. The molecule has 0 saturated carbocycles. The molecule has 3 atom stereocenters. The van der Waals surface area contributed by atoms with Gasteiger partial charge in [-0.2, -0.15) is 0 Å². The highest BCUT2D eigenvalue weighted by molar-refractivity contribution is 6.30. The van der Waals surface area contributed by atoms with Crippen LogP contribution in [0.3, 0.4) is 0 Å². The fourth-order valence-corrected chi connectivity index (χ4v) is 4.66. The van der Waals surface area contributed by atoms with Crippen molar-refractivity contribution in [3.05, 3.63) is 59.1 Å². The number of nitrogens with zero attached hydrogens (tertiary/aromatic N) is 2. The first-order chi connectivity index (χ1) is 13.5. The third-order valence-corrected chi connectivity index (χ3v) is 6.13. The predicted octanol–water partition coefficient (Wildman–Crippen LogP) is 3.91. The Morgan fingerprint density at radius 3 is 2.34 bits per heavy atom. The Labute approximate surface area is 182 Å². The number of likely N-dealkylation sites (tertiary alicyclic amines) is 2. The van der Waals surface area contributed by atoms with E-state index < -0.39 is 0 Å². The monoisotopic (exact) mass is 436 g/mol. The summed E-state index contributed by atoms with van der Waals surface area (Å²) in [7, 11) is 3.85. The minimum absolute atomic E-state index is 0. The highest BCUT2D eigenvalue weighted by Crippen LogP contribution is 2.44. The van der Waals surface area contributed by atoms with E-state index in [1.165, 1.54) is 5.56 Å². The molecule has 0 bridgehead atoms. The lowest BCUT2D eigenvalue weighted by Crippen LogP contribution is -2.36. The third-order valence-electron chi connectivity index (χ3n) is 5.88. The summed E-state index contributed by atoms with van der Waals surface area (Å²) in [6.07, 6.45) is 0. The summed E-state index contributed by atoms with van der Waals surface area (Å²) in [4.78, 5) is 17.0. The number of ether oxygens (including phenoxy) is 2. The van der Waals surface area contributed by atoms with Crippen LogP contribution in [0.5, 0.6) is 11.5 Å². The number of hydrogen-bond acceptors (Lipinski definition) is 4. The molecule has 0 aromatic heterocycles. The smallest absolute Gasteiger partial charge is 0.260 e. The number of fused-ring (bicyclic) bond motifs is 1. The van der Waals surface area contributed by atoms with Crippen molar-refractivity contribution in [2.75, 3.05) is 40.4 Å². The van der Waals surface area contributed by atoms with E-state index in [0.29, 0.717) is 28.6 Å². The van der Waals surface area contributed by atoms with Crippen LogP contribution in [0.4, 0.5) is 0 Å². The summed E-state index contributed by atoms with van der Waals surface area (Å²) in [5.41, 5.74) is 1.28. The molecule has 0 radical (unpaired) electrons. The molecule has 0 N–H and O–H groups in total. The van der Waals surface area contributed by atoms with E-state index in [1.807, 2.05) is 17.0 Å². The van der Waals surface area contributed by atoms with E-state index in [0.717, 1.165) is 25.4 Å². The predicted molar refractivity (Wildman–Crippen MR) is 116 cm³/mol. The maximum atomic E-state index is 12.7. The quantitative estimate of drug-likeness (QED) is 0.712. The van der Waals surface area contributed by atoms with Crippen molar-refractivity contribution in [1.82, 2.24) is 9.80 Å². The Morgan fingerprint density at radius 2 is 1.69 bits per heavy atom. The first kappa shape index (κ1) is 21.8. The molecule has 0 unspecified atom stereocenters. The molecule has 2 aromatic rings. The second-order valence-corrected chi connectivity index (χ2v) is 8.06. The average molecular weight is 437 g/mol. The van der Waals surface area contributed by atoms with Gasteiger partial charge in [0.05, 0.1) is 7.11 Å². The van der Waals surface area contributed by atoms with Crippen LogP contribution in [0.1, 0.15) is 11.6 Å². The topological polar surface area (TPSA) is 42.0 Å². The van der Waals surface area contributed by atoms with Gasteiger partial charge < -0.3 is 14.4 Å². The van der Waals surface area contributed by atoms with Crippen LogP contribution in [0.2, 0.25) is 5.02 Å². The third kappa shape index (κ3) is 4.63. The van der Waals surface area contributed by atoms with Crippen molar-refractivity contribution in [3.63, 3.8) is 0 Å². The normalized spacial score (nSPS) is 23.4. The highest BCUT2D eigenvalue weighted by atomic mass is 35.5. The van der Waals surface area contributed by atoms with Crippen LogP contribution >= 0.6 is 24.0 Å². The van der Waals surface area contributed by atoms with Crippen molar-refractivity contribution < 1.29 is 14.3 Å². The van der Waals surface area contributed by atoms with Gasteiger partial charge in [0.1, 0.15) is 11.5 Å². The van der Waals surface area contributed by atoms with E-state index in [2.05, 4.69) is 24.1 Å². The Hall–Kier alpha value is -1.95. The van der Waals surface area contributed by atoms with E-state index >= 15 is 0 Å². The molecular weight excluding hydrogens is 411 g/mol. The maximum Gasteiger partial charge on any atom is 0.260 e. The summed E-state index contributed by atoms with van der Waals surface area (Å²) in [6, 6.07) is 15.7. The number of halogens is 2. The zero-order chi connectivity index (χ0) is 19.7. The largest absolute Gasteiger partial charge is 0.497 e. The highest BCUT2D eigenvalue weighted by Gasteiger charge is 2.47. The van der Waals surface area contributed by atoms with Gasteiger partial charge in [-0.05, 0) is 54.9 Å². The van der Waals surface area contributed by atoms with Gasteiger partial charge in [-0.3, -0.25) is 9.69 Å². The number of hydrogen-bond donors (Lipinski definition) is 0. The van der Waals surface area contributed by atoms with E-state index in [9.17, 15) is 4.79 Å². The van der Waals surface area contributed by atoms with Gasteiger partial charge in [-0.25, -0.2) is 0 Å².